The molecule has 2 aromatic rings. The molecule has 3 heterocycles. The van der Waals surface area contributed by atoms with Crippen molar-refractivity contribution < 1.29 is 4.74 Å². The lowest BCUT2D eigenvalue weighted by Crippen LogP contribution is -2.19. The van der Waals surface area contributed by atoms with Crippen LogP contribution in [0, 0.1) is 6.92 Å². The van der Waals surface area contributed by atoms with Crippen LogP contribution in [-0.2, 0) is 4.74 Å². The van der Waals surface area contributed by atoms with Crippen molar-refractivity contribution >= 4 is 11.0 Å². The van der Waals surface area contributed by atoms with E-state index in [0.29, 0.717) is 0 Å². The quantitative estimate of drug-likeness (QED) is 0.816. The minimum absolute atomic E-state index is 0.00542. The van der Waals surface area contributed by atoms with Crippen LogP contribution in [0.4, 0.5) is 0 Å². The zero-order chi connectivity index (χ0) is 11.8. The molecule has 0 aromatic carbocycles. The molecule has 1 atom stereocenters. The highest BCUT2D eigenvalue weighted by molar-refractivity contribution is 5.77. The van der Waals surface area contributed by atoms with E-state index in [1.165, 1.54) is 6.07 Å². The topological polar surface area (TPSA) is 59.9 Å². The monoisotopic (exact) mass is 233 g/mol. The van der Waals surface area contributed by atoms with Crippen molar-refractivity contribution in [1.29, 1.82) is 0 Å². The van der Waals surface area contributed by atoms with E-state index in [1.807, 2.05) is 17.7 Å². The Labute approximate surface area is 98.4 Å². The van der Waals surface area contributed by atoms with Crippen molar-refractivity contribution in [2.75, 3.05) is 6.61 Å². The van der Waals surface area contributed by atoms with E-state index >= 15 is 0 Å². The molecule has 1 unspecified atom stereocenters. The second kappa shape index (κ2) is 4.00. The van der Waals surface area contributed by atoms with Gasteiger partial charge < -0.3 is 9.72 Å². The molecule has 1 fully saturated rings. The maximum Gasteiger partial charge on any atom is 0.248 e. The van der Waals surface area contributed by atoms with Crippen LogP contribution in [0.3, 0.4) is 0 Å². The summed E-state index contributed by atoms with van der Waals surface area (Å²) in [5, 5.41) is 4.48. The van der Waals surface area contributed by atoms with Gasteiger partial charge in [0.2, 0.25) is 5.56 Å². The molecule has 90 valence electrons. The summed E-state index contributed by atoms with van der Waals surface area (Å²) in [6.07, 6.45) is 3.26. The molecular weight excluding hydrogens is 218 g/mol. The van der Waals surface area contributed by atoms with Gasteiger partial charge in [-0.1, -0.05) is 0 Å². The van der Waals surface area contributed by atoms with Crippen LogP contribution in [-0.4, -0.2) is 21.4 Å². The van der Waals surface area contributed by atoms with Crippen LogP contribution in [0.5, 0.6) is 0 Å². The number of rotatable bonds is 1. The molecule has 5 heteroatoms. The highest BCUT2D eigenvalue weighted by Crippen LogP contribution is 2.26. The SMILES string of the molecule is Cc1nn(C2CCCCO2)c2ccc(=O)[nH]c12. The molecule has 1 aliphatic rings. The first-order valence-corrected chi connectivity index (χ1v) is 5.95. The molecule has 5 nitrogen and oxygen atoms in total. The molecule has 0 spiro atoms. The molecule has 0 amide bonds. The van der Waals surface area contributed by atoms with Crippen LogP contribution in [0.15, 0.2) is 16.9 Å². The average molecular weight is 233 g/mol. The maximum atomic E-state index is 11.3. The van der Waals surface area contributed by atoms with Gasteiger partial charge in [-0.25, -0.2) is 4.68 Å². The lowest BCUT2D eigenvalue weighted by Gasteiger charge is -2.23. The van der Waals surface area contributed by atoms with E-state index in [1.54, 1.807) is 0 Å². The van der Waals surface area contributed by atoms with Gasteiger partial charge in [-0.3, -0.25) is 4.79 Å². The summed E-state index contributed by atoms with van der Waals surface area (Å²) in [6, 6.07) is 3.34. The fourth-order valence-electron chi connectivity index (χ4n) is 2.34. The third-order valence-corrected chi connectivity index (χ3v) is 3.19. The zero-order valence-corrected chi connectivity index (χ0v) is 9.77. The summed E-state index contributed by atoms with van der Waals surface area (Å²) in [6.45, 7) is 2.69. The van der Waals surface area contributed by atoms with E-state index in [9.17, 15) is 4.79 Å². The maximum absolute atomic E-state index is 11.3. The number of pyridine rings is 1. The molecule has 0 radical (unpaired) electrons. The number of fused-ring (bicyclic) bond motifs is 1. The first-order valence-electron chi connectivity index (χ1n) is 5.95. The molecule has 3 rings (SSSR count). The van der Waals surface area contributed by atoms with E-state index in [0.717, 1.165) is 42.6 Å². The fraction of sp³-hybridized carbons (Fsp3) is 0.500. The number of hydrogen-bond donors (Lipinski definition) is 1. The fourth-order valence-corrected chi connectivity index (χ4v) is 2.34. The summed E-state index contributed by atoms with van der Waals surface area (Å²) < 4.78 is 7.61. The number of nitrogens with zero attached hydrogens (tertiary/aromatic N) is 2. The molecule has 1 N–H and O–H groups in total. The highest BCUT2D eigenvalue weighted by Gasteiger charge is 2.19. The van der Waals surface area contributed by atoms with E-state index in [4.69, 9.17) is 4.74 Å². The summed E-state index contributed by atoms with van der Waals surface area (Å²) in [7, 11) is 0. The van der Waals surface area contributed by atoms with E-state index in [2.05, 4.69) is 10.1 Å². The van der Waals surface area contributed by atoms with Crippen LogP contribution >= 0.6 is 0 Å². The van der Waals surface area contributed by atoms with Gasteiger partial charge in [-0.05, 0) is 32.3 Å². The standard InChI is InChI=1S/C12H15N3O2/c1-8-12-9(5-6-10(16)13-12)15(14-8)11-4-2-3-7-17-11/h5-6,11H,2-4,7H2,1H3,(H,13,16). The molecule has 0 bridgehead atoms. The van der Waals surface area contributed by atoms with Crippen molar-refractivity contribution in [3.8, 4) is 0 Å². The van der Waals surface area contributed by atoms with Crippen molar-refractivity contribution in [2.45, 2.75) is 32.4 Å². The van der Waals surface area contributed by atoms with Crippen molar-refractivity contribution in [3.63, 3.8) is 0 Å². The molecule has 1 aliphatic heterocycles. The number of nitrogens with one attached hydrogen (secondary N) is 1. The van der Waals surface area contributed by atoms with Crippen molar-refractivity contribution in [2.24, 2.45) is 0 Å². The molecular formula is C12H15N3O2. The van der Waals surface area contributed by atoms with Crippen LogP contribution in [0.2, 0.25) is 0 Å². The van der Waals surface area contributed by atoms with Crippen molar-refractivity contribution in [1.82, 2.24) is 14.8 Å². The van der Waals surface area contributed by atoms with Gasteiger partial charge in [-0.2, -0.15) is 5.10 Å². The number of aromatic amines is 1. The second-order valence-corrected chi connectivity index (χ2v) is 4.43. The number of ether oxygens (including phenoxy) is 1. The Balaban J connectivity index is 2.13. The Bertz CT molecular complexity index is 593. The zero-order valence-electron chi connectivity index (χ0n) is 9.77. The first-order chi connectivity index (χ1) is 8.25. The summed E-state index contributed by atoms with van der Waals surface area (Å²) in [5.41, 5.74) is 2.50. The highest BCUT2D eigenvalue weighted by atomic mass is 16.5. The normalized spacial score (nSPS) is 20.9. The summed E-state index contributed by atoms with van der Waals surface area (Å²) in [4.78, 5) is 14.1. The van der Waals surface area contributed by atoms with Gasteiger partial charge in [-0.15, -0.1) is 0 Å². The van der Waals surface area contributed by atoms with Gasteiger partial charge in [0.15, 0.2) is 6.23 Å². The van der Waals surface area contributed by atoms with Crippen LogP contribution in [0.25, 0.3) is 11.0 Å². The predicted molar refractivity (Wildman–Crippen MR) is 63.9 cm³/mol. The minimum Gasteiger partial charge on any atom is -0.356 e. The van der Waals surface area contributed by atoms with Gasteiger partial charge >= 0.3 is 0 Å². The lowest BCUT2D eigenvalue weighted by atomic mass is 10.2. The molecule has 17 heavy (non-hydrogen) atoms. The third kappa shape index (κ3) is 1.76. The van der Waals surface area contributed by atoms with Gasteiger partial charge in [0.1, 0.15) is 0 Å². The summed E-state index contributed by atoms with van der Waals surface area (Å²) in [5.74, 6) is 0. The Morgan fingerprint density at radius 3 is 3.12 bits per heavy atom. The van der Waals surface area contributed by atoms with Crippen LogP contribution in [0.1, 0.15) is 31.2 Å². The average Bonchev–Trinajstić information content (AvgIpc) is 2.68. The van der Waals surface area contributed by atoms with E-state index in [-0.39, 0.29) is 11.8 Å². The van der Waals surface area contributed by atoms with Crippen molar-refractivity contribution in [3.05, 3.63) is 28.2 Å². The predicted octanol–water partition coefficient (Wildman–Crippen LogP) is 1.73. The molecule has 2 aromatic heterocycles. The Morgan fingerprint density at radius 1 is 1.47 bits per heavy atom. The largest absolute Gasteiger partial charge is 0.356 e. The number of aryl methyl sites for hydroxylation is 1. The molecule has 0 aliphatic carbocycles. The Kier molecular flexibility index (Phi) is 2.48. The first kappa shape index (κ1) is 10.5. The Morgan fingerprint density at radius 2 is 2.35 bits per heavy atom. The number of H-pyrrole nitrogens is 1. The van der Waals surface area contributed by atoms with Gasteiger partial charge in [0.05, 0.1) is 16.7 Å². The smallest absolute Gasteiger partial charge is 0.248 e. The lowest BCUT2D eigenvalue weighted by molar-refractivity contribution is -0.0368. The number of hydrogen-bond acceptors (Lipinski definition) is 3. The summed E-state index contributed by atoms with van der Waals surface area (Å²) >= 11 is 0. The van der Waals surface area contributed by atoms with E-state index < -0.39 is 0 Å². The Hall–Kier alpha value is -1.62. The van der Waals surface area contributed by atoms with Gasteiger partial charge in [0.25, 0.3) is 0 Å². The second-order valence-electron chi connectivity index (χ2n) is 4.43. The van der Waals surface area contributed by atoms with Gasteiger partial charge in [0, 0.05) is 12.7 Å². The number of aromatic nitrogens is 3. The third-order valence-electron chi connectivity index (χ3n) is 3.19. The minimum atomic E-state index is -0.0929. The molecule has 1 saturated heterocycles. The molecule has 0 saturated carbocycles. The van der Waals surface area contributed by atoms with Crippen LogP contribution < -0.4 is 5.56 Å².